The van der Waals surface area contributed by atoms with Crippen molar-refractivity contribution in [1.29, 1.82) is 0 Å². The number of benzene rings is 2. The summed E-state index contributed by atoms with van der Waals surface area (Å²) in [6, 6.07) is 18.4. The van der Waals surface area contributed by atoms with Crippen LogP contribution in [0, 0.1) is 5.92 Å². The van der Waals surface area contributed by atoms with E-state index in [0.29, 0.717) is 0 Å². The van der Waals surface area contributed by atoms with Crippen LogP contribution >= 0.6 is 12.4 Å². The lowest BCUT2D eigenvalue weighted by Crippen LogP contribution is -2.24. The van der Waals surface area contributed by atoms with Crippen LogP contribution in [0.1, 0.15) is 12.0 Å². The van der Waals surface area contributed by atoms with Crippen LogP contribution in [-0.2, 0) is 6.54 Å². The standard InChI is InChI=1S/C19H24N2O.ClH/c1-20-13-17-10-11-21(15-17)14-16-6-5-9-19(12-16)22-18-7-3-2-4-8-18;/h2-9,12,17,20H,10-11,13-15H2,1H3;1H. The second-order valence-corrected chi connectivity index (χ2v) is 6.01. The van der Waals surface area contributed by atoms with Crippen molar-refractivity contribution < 1.29 is 4.74 Å². The summed E-state index contributed by atoms with van der Waals surface area (Å²) in [6.45, 7) is 4.50. The smallest absolute Gasteiger partial charge is 0.127 e. The van der Waals surface area contributed by atoms with Gasteiger partial charge in [0.05, 0.1) is 0 Å². The Labute approximate surface area is 145 Å². The van der Waals surface area contributed by atoms with Crippen LogP contribution in [0.25, 0.3) is 0 Å². The monoisotopic (exact) mass is 332 g/mol. The number of rotatable bonds is 6. The van der Waals surface area contributed by atoms with Gasteiger partial charge >= 0.3 is 0 Å². The molecule has 1 atom stereocenters. The molecule has 1 aliphatic rings. The average Bonchev–Trinajstić information content (AvgIpc) is 2.96. The highest BCUT2D eigenvalue weighted by Gasteiger charge is 2.21. The van der Waals surface area contributed by atoms with Gasteiger partial charge in [-0.1, -0.05) is 30.3 Å². The summed E-state index contributed by atoms with van der Waals surface area (Å²) in [5.74, 6) is 2.58. The van der Waals surface area contributed by atoms with E-state index in [2.05, 4.69) is 28.4 Å². The molecule has 1 fully saturated rings. The molecule has 0 spiro atoms. The molecule has 23 heavy (non-hydrogen) atoms. The molecule has 1 unspecified atom stereocenters. The van der Waals surface area contributed by atoms with E-state index >= 15 is 0 Å². The first-order valence-corrected chi connectivity index (χ1v) is 8.02. The zero-order valence-corrected chi connectivity index (χ0v) is 14.4. The highest BCUT2D eigenvalue weighted by Crippen LogP contribution is 2.24. The van der Waals surface area contributed by atoms with Gasteiger partial charge in [-0.05, 0) is 62.3 Å². The summed E-state index contributed by atoms with van der Waals surface area (Å²) in [5.41, 5.74) is 1.32. The molecule has 124 valence electrons. The van der Waals surface area contributed by atoms with Gasteiger partial charge in [-0.3, -0.25) is 4.90 Å². The topological polar surface area (TPSA) is 24.5 Å². The molecular weight excluding hydrogens is 308 g/mol. The van der Waals surface area contributed by atoms with Gasteiger partial charge < -0.3 is 10.1 Å². The number of nitrogens with one attached hydrogen (secondary N) is 1. The summed E-state index contributed by atoms with van der Waals surface area (Å²) < 4.78 is 5.91. The van der Waals surface area contributed by atoms with Crippen molar-refractivity contribution in [3.05, 3.63) is 60.2 Å². The average molecular weight is 333 g/mol. The molecule has 0 aromatic heterocycles. The third-order valence-electron chi connectivity index (χ3n) is 4.15. The lowest BCUT2D eigenvalue weighted by atomic mass is 10.1. The first-order chi connectivity index (χ1) is 10.8. The second-order valence-electron chi connectivity index (χ2n) is 6.01. The number of likely N-dealkylation sites (tertiary alicyclic amines) is 1. The van der Waals surface area contributed by atoms with E-state index in [-0.39, 0.29) is 12.4 Å². The summed E-state index contributed by atoms with van der Waals surface area (Å²) in [7, 11) is 2.03. The Morgan fingerprint density at radius 3 is 2.65 bits per heavy atom. The molecule has 3 rings (SSSR count). The number of hydrogen-bond acceptors (Lipinski definition) is 3. The van der Waals surface area contributed by atoms with E-state index < -0.39 is 0 Å². The zero-order valence-electron chi connectivity index (χ0n) is 13.6. The minimum absolute atomic E-state index is 0. The highest BCUT2D eigenvalue weighted by molar-refractivity contribution is 5.85. The van der Waals surface area contributed by atoms with Gasteiger partial charge in [-0.15, -0.1) is 12.4 Å². The van der Waals surface area contributed by atoms with E-state index in [1.54, 1.807) is 0 Å². The molecule has 2 aromatic rings. The Bertz CT molecular complexity index is 591. The van der Waals surface area contributed by atoms with Crippen molar-refractivity contribution in [3.63, 3.8) is 0 Å². The molecule has 1 aliphatic heterocycles. The van der Waals surface area contributed by atoms with Crippen LogP contribution in [0.15, 0.2) is 54.6 Å². The fraction of sp³-hybridized carbons (Fsp3) is 0.368. The number of halogens is 1. The van der Waals surface area contributed by atoms with Crippen molar-refractivity contribution >= 4 is 12.4 Å². The van der Waals surface area contributed by atoms with E-state index in [1.807, 2.05) is 43.4 Å². The van der Waals surface area contributed by atoms with Crippen molar-refractivity contribution in [3.8, 4) is 11.5 Å². The van der Waals surface area contributed by atoms with E-state index in [0.717, 1.165) is 30.5 Å². The summed E-state index contributed by atoms with van der Waals surface area (Å²) >= 11 is 0. The normalized spacial score (nSPS) is 17.7. The zero-order chi connectivity index (χ0) is 15.2. The van der Waals surface area contributed by atoms with Crippen LogP contribution in [0.2, 0.25) is 0 Å². The van der Waals surface area contributed by atoms with Crippen LogP contribution < -0.4 is 10.1 Å². The summed E-state index contributed by atoms with van der Waals surface area (Å²) in [5, 5.41) is 3.28. The number of para-hydroxylation sites is 1. The second kappa shape index (κ2) is 8.92. The molecule has 1 heterocycles. The third kappa shape index (κ3) is 5.24. The van der Waals surface area contributed by atoms with Crippen molar-refractivity contribution in [2.24, 2.45) is 5.92 Å². The molecular formula is C19H25ClN2O. The molecule has 1 N–H and O–H groups in total. The fourth-order valence-corrected chi connectivity index (χ4v) is 3.10. The van der Waals surface area contributed by atoms with Gasteiger partial charge in [0.15, 0.2) is 0 Å². The van der Waals surface area contributed by atoms with E-state index in [9.17, 15) is 0 Å². The Balaban J connectivity index is 0.00000192. The van der Waals surface area contributed by atoms with Gasteiger partial charge in [0.1, 0.15) is 11.5 Å². The van der Waals surface area contributed by atoms with Crippen LogP contribution in [0.4, 0.5) is 0 Å². The predicted octanol–water partition coefficient (Wildman–Crippen LogP) is 3.94. The first kappa shape index (κ1) is 17.8. The molecule has 1 saturated heterocycles. The van der Waals surface area contributed by atoms with Gasteiger partial charge in [-0.25, -0.2) is 0 Å². The molecule has 2 aromatic carbocycles. The number of nitrogens with zero attached hydrogens (tertiary/aromatic N) is 1. The lowest BCUT2D eigenvalue weighted by molar-refractivity contribution is 0.315. The van der Waals surface area contributed by atoms with Gasteiger partial charge in [-0.2, -0.15) is 0 Å². The van der Waals surface area contributed by atoms with Gasteiger partial charge in [0, 0.05) is 13.1 Å². The largest absolute Gasteiger partial charge is 0.457 e. The molecule has 4 heteroatoms. The summed E-state index contributed by atoms with van der Waals surface area (Å²) in [4.78, 5) is 2.53. The van der Waals surface area contributed by atoms with E-state index in [4.69, 9.17) is 4.74 Å². The minimum atomic E-state index is 0. The highest BCUT2D eigenvalue weighted by atomic mass is 35.5. The molecule has 0 bridgehead atoms. The van der Waals surface area contributed by atoms with Crippen LogP contribution in [0.5, 0.6) is 11.5 Å². The fourth-order valence-electron chi connectivity index (χ4n) is 3.10. The number of ether oxygens (including phenoxy) is 1. The summed E-state index contributed by atoms with van der Waals surface area (Å²) in [6.07, 6.45) is 1.29. The lowest BCUT2D eigenvalue weighted by Gasteiger charge is -2.16. The SMILES string of the molecule is CNCC1CCN(Cc2cccc(Oc3ccccc3)c2)C1.Cl. The number of hydrogen-bond donors (Lipinski definition) is 1. The molecule has 3 nitrogen and oxygen atoms in total. The maximum atomic E-state index is 5.91. The van der Waals surface area contributed by atoms with Crippen LogP contribution in [0.3, 0.4) is 0 Å². The maximum Gasteiger partial charge on any atom is 0.127 e. The Morgan fingerprint density at radius 2 is 1.87 bits per heavy atom. The molecule has 0 amide bonds. The van der Waals surface area contributed by atoms with E-state index in [1.165, 1.54) is 25.1 Å². The van der Waals surface area contributed by atoms with Crippen molar-refractivity contribution in [2.45, 2.75) is 13.0 Å². The third-order valence-corrected chi connectivity index (χ3v) is 4.15. The van der Waals surface area contributed by atoms with Crippen molar-refractivity contribution in [2.75, 3.05) is 26.7 Å². The molecule has 0 radical (unpaired) electrons. The molecule has 0 aliphatic carbocycles. The van der Waals surface area contributed by atoms with Gasteiger partial charge in [0.2, 0.25) is 0 Å². The molecule has 0 saturated carbocycles. The van der Waals surface area contributed by atoms with Gasteiger partial charge in [0.25, 0.3) is 0 Å². The quantitative estimate of drug-likeness (QED) is 0.867. The Morgan fingerprint density at radius 1 is 1.09 bits per heavy atom. The van der Waals surface area contributed by atoms with Crippen molar-refractivity contribution in [1.82, 2.24) is 10.2 Å². The van der Waals surface area contributed by atoms with Crippen LogP contribution in [-0.4, -0.2) is 31.6 Å². The maximum absolute atomic E-state index is 5.91. The Hall–Kier alpha value is -1.55. The Kier molecular flexibility index (Phi) is 6.90. The first-order valence-electron chi connectivity index (χ1n) is 8.02. The minimum Gasteiger partial charge on any atom is -0.457 e. The predicted molar refractivity (Wildman–Crippen MR) is 97.5 cm³/mol.